The van der Waals surface area contributed by atoms with Crippen molar-refractivity contribution in [3.8, 4) is 17.3 Å². The van der Waals surface area contributed by atoms with Crippen molar-refractivity contribution in [1.82, 2.24) is 14.7 Å². The van der Waals surface area contributed by atoms with Gasteiger partial charge in [0.25, 0.3) is 0 Å². The maximum Gasteiger partial charge on any atom is 0.227 e. The predicted molar refractivity (Wildman–Crippen MR) is 141 cm³/mol. The Morgan fingerprint density at radius 1 is 0.946 bits per heavy atom. The molecule has 0 fully saturated rings. The summed E-state index contributed by atoms with van der Waals surface area (Å²) < 4.78 is 35.8. The summed E-state index contributed by atoms with van der Waals surface area (Å²) in [7, 11) is 0. The number of aliphatic hydroxyl groups is 1. The number of hydrogen-bond acceptors (Lipinski definition) is 4. The smallest absolute Gasteiger partial charge is 0.227 e. The molecule has 0 radical (unpaired) electrons. The van der Waals surface area contributed by atoms with Crippen LogP contribution in [0.3, 0.4) is 0 Å². The average Bonchev–Trinajstić information content (AvgIpc) is 3.16. The number of aryl methyl sites for hydroxylation is 1. The fourth-order valence-electron chi connectivity index (χ4n) is 4.42. The first-order valence-corrected chi connectivity index (χ1v) is 12.5. The molecule has 0 aliphatic carbocycles. The molecule has 1 N–H and O–H groups in total. The summed E-state index contributed by atoms with van der Waals surface area (Å²) >= 11 is 0. The van der Waals surface area contributed by atoms with E-state index in [0.717, 1.165) is 35.1 Å². The van der Waals surface area contributed by atoms with Crippen molar-refractivity contribution in [2.24, 2.45) is 5.92 Å². The van der Waals surface area contributed by atoms with Gasteiger partial charge in [-0.2, -0.15) is 5.10 Å². The van der Waals surface area contributed by atoms with Crippen LogP contribution in [0.15, 0.2) is 78.9 Å². The van der Waals surface area contributed by atoms with Crippen molar-refractivity contribution in [1.29, 1.82) is 0 Å². The van der Waals surface area contributed by atoms with Gasteiger partial charge in [-0.3, -0.25) is 4.90 Å². The molecule has 5 nitrogen and oxygen atoms in total. The van der Waals surface area contributed by atoms with Crippen molar-refractivity contribution < 1.29 is 18.6 Å². The maximum atomic E-state index is 14.6. The number of rotatable bonds is 11. The van der Waals surface area contributed by atoms with Crippen LogP contribution in [-0.2, 0) is 13.0 Å². The number of aliphatic hydroxyl groups excluding tert-OH is 1. The Bertz CT molecular complexity index is 1290. The lowest BCUT2D eigenvalue weighted by Gasteiger charge is -2.27. The number of aromatic nitrogens is 2. The highest BCUT2D eigenvalue weighted by Gasteiger charge is 2.24. The van der Waals surface area contributed by atoms with Gasteiger partial charge in [0.2, 0.25) is 5.88 Å². The van der Waals surface area contributed by atoms with Crippen molar-refractivity contribution in [3.63, 3.8) is 0 Å². The molecule has 0 saturated heterocycles. The largest absolute Gasteiger partial charge is 0.435 e. The Balaban J connectivity index is 1.66. The number of benzene rings is 3. The van der Waals surface area contributed by atoms with Gasteiger partial charge in [0.05, 0.1) is 23.0 Å². The van der Waals surface area contributed by atoms with Crippen LogP contribution < -0.4 is 4.74 Å². The van der Waals surface area contributed by atoms with Crippen molar-refractivity contribution >= 4 is 0 Å². The van der Waals surface area contributed by atoms with Gasteiger partial charge in [-0.05, 0) is 49.1 Å². The minimum atomic E-state index is -0.790. The molecular weight excluding hydrogens is 472 g/mol. The van der Waals surface area contributed by atoms with Gasteiger partial charge >= 0.3 is 0 Å². The van der Waals surface area contributed by atoms with E-state index in [2.05, 4.69) is 18.7 Å². The first-order valence-electron chi connectivity index (χ1n) is 12.5. The molecule has 194 valence electrons. The molecule has 0 spiro atoms. The lowest BCUT2D eigenvalue weighted by molar-refractivity contribution is 0.101. The molecule has 0 aliphatic rings. The van der Waals surface area contributed by atoms with E-state index in [1.54, 1.807) is 4.68 Å². The second-order valence-corrected chi connectivity index (χ2v) is 9.72. The average molecular weight is 506 g/mol. The first-order chi connectivity index (χ1) is 17.8. The van der Waals surface area contributed by atoms with E-state index in [0.29, 0.717) is 31.3 Å². The third kappa shape index (κ3) is 7.02. The van der Waals surface area contributed by atoms with Crippen LogP contribution in [0.4, 0.5) is 8.78 Å². The summed E-state index contributed by atoms with van der Waals surface area (Å²) in [5.41, 5.74) is 3.34. The van der Waals surface area contributed by atoms with E-state index in [-0.39, 0.29) is 5.75 Å². The highest BCUT2D eigenvalue weighted by atomic mass is 19.1. The summed E-state index contributed by atoms with van der Waals surface area (Å²) in [5, 5.41) is 15.6. The van der Waals surface area contributed by atoms with Crippen LogP contribution in [0.5, 0.6) is 11.6 Å². The molecule has 3 aromatic carbocycles. The molecule has 1 unspecified atom stereocenters. The van der Waals surface area contributed by atoms with Crippen LogP contribution in [0.1, 0.15) is 30.7 Å². The SMILES string of the molecule is Cc1nn(-c2ccccc2)c(Oc2ccc(F)cc2F)c1CN(CC(C)C)CC(O)Cc1ccccc1. The fourth-order valence-corrected chi connectivity index (χ4v) is 4.42. The predicted octanol–water partition coefficient (Wildman–Crippen LogP) is 6.31. The lowest BCUT2D eigenvalue weighted by Crippen LogP contribution is -2.35. The number of hydrogen-bond donors (Lipinski definition) is 1. The highest BCUT2D eigenvalue weighted by Crippen LogP contribution is 2.33. The Morgan fingerprint density at radius 3 is 2.27 bits per heavy atom. The summed E-state index contributed by atoms with van der Waals surface area (Å²) in [4.78, 5) is 2.17. The molecule has 0 amide bonds. The number of halogens is 2. The van der Waals surface area contributed by atoms with Gasteiger partial charge in [-0.15, -0.1) is 0 Å². The second kappa shape index (κ2) is 12.1. The number of ether oxygens (including phenoxy) is 1. The van der Waals surface area contributed by atoms with Crippen LogP contribution >= 0.6 is 0 Å². The third-order valence-corrected chi connectivity index (χ3v) is 6.03. The van der Waals surface area contributed by atoms with Gasteiger partial charge in [-0.25, -0.2) is 13.5 Å². The van der Waals surface area contributed by atoms with E-state index in [1.807, 2.05) is 67.6 Å². The Labute approximate surface area is 216 Å². The molecular formula is C30H33F2N3O2. The Hall–Kier alpha value is -3.55. The first kappa shape index (κ1) is 26.5. The molecule has 1 atom stereocenters. The normalized spacial score (nSPS) is 12.3. The molecule has 0 saturated carbocycles. The summed E-state index contributed by atoms with van der Waals surface area (Å²) in [6, 6.07) is 22.6. The van der Waals surface area contributed by atoms with Gasteiger partial charge < -0.3 is 9.84 Å². The van der Waals surface area contributed by atoms with E-state index in [9.17, 15) is 13.9 Å². The quantitative estimate of drug-likeness (QED) is 0.259. The summed E-state index contributed by atoms with van der Waals surface area (Å²) in [5.74, 6) is -0.831. The number of nitrogens with zero attached hydrogens (tertiary/aromatic N) is 3. The molecule has 0 bridgehead atoms. The molecule has 1 aromatic heterocycles. The minimum absolute atomic E-state index is 0.0840. The Morgan fingerprint density at radius 2 is 1.62 bits per heavy atom. The zero-order valence-corrected chi connectivity index (χ0v) is 21.4. The molecule has 4 rings (SSSR count). The summed E-state index contributed by atoms with van der Waals surface area (Å²) in [6.07, 6.45) is -0.0218. The molecule has 37 heavy (non-hydrogen) atoms. The van der Waals surface area contributed by atoms with E-state index in [1.165, 1.54) is 12.1 Å². The van der Waals surface area contributed by atoms with Crippen LogP contribution in [0, 0.1) is 24.5 Å². The molecule has 1 heterocycles. The summed E-state index contributed by atoms with van der Waals surface area (Å²) in [6.45, 7) is 7.78. The second-order valence-electron chi connectivity index (χ2n) is 9.72. The topological polar surface area (TPSA) is 50.5 Å². The van der Waals surface area contributed by atoms with Crippen molar-refractivity contribution in [2.75, 3.05) is 13.1 Å². The lowest BCUT2D eigenvalue weighted by atomic mass is 10.1. The molecule has 4 aromatic rings. The van der Waals surface area contributed by atoms with Gasteiger partial charge in [0.15, 0.2) is 11.6 Å². The van der Waals surface area contributed by atoms with Crippen LogP contribution in [0.2, 0.25) is 0 Å². The Kier molecular flexibility index (Phi) is 8.69. The molecule has 7 heteroatoms. The van der Waals surface area contributed by atoms with Crippen molar-refractivity contribution in [2.45, 2.75) is 39.8 Å². The highest BCUT2D eigenvalue weighted by molar-refractivity contribution is 5.43. The van der Waals surface area contributed by atoms with E-state index in [4.69, 9.17) is 9.84 Å². The van der Waals surface area contributed by atoms with Gasteiger partial charge in [0, 0.05) is 25.7 Å². The minimum Gasteiger partial charge on any atom is -0.435 e. The van der Waals surface area contributed by atoms with E-state index < -0.39 is 17.7 Å². The van der Waals surface area contributed by atoms with Gasteiger partial charge in [-0.1, -0.05) is 62.4 Å². The zero-order chi connectivity index (χ0) is 26.4. The van der Waals surface area contributed by atoms with Gasteiger partial charge in [0.1, 0.15) is 5.82 Å². The maximum absolute atomic E-state index is 14.6. The zero-order valence-electron chi connectivity index (χ0n) is 21.4. The molecule has 0 aliphatic heterocycles. The standard InChI is InChI=1S/C30H33F2N3O2/c1-21(2)18-34(19-26(36)16-23-10-6-4-7-11-23)20-27-22(3)33-35(25-12-8-5-9-13-25)30(27)37-29-15-14-24(31)17-28(29)32/h4-15,17,21,26,36H,16,18-20H2,1-3H3. The van der Waals surface area contributed by atoms with Crippen molar-refractivity contribution in [3.05, 3.63) is 107 Å². The van der Waals surface area contributed by atoms with Crippen LogP contribution in [-0.4, -0.2) is 39.0 Å². The van der Waals surface area contributed by atoms with E-state index >= 15 is 0 Å². The third-order valence-electron chi connectivity index (χ3n) is 6.03. The number of para-hydroxylation sites is 1. The monoisotopic (exact) mass is 505 g/mol. The fraction of sp³-hybridized carbons (Fsp3) is 0.300. The van der Waals surface area contributed by atoms with Crippen LogP contribution in [0.25, 0.3) is 5.69 Å².